The van der Waals surface area contributed by atoms with E-state index in [0.29, 0.717) is 6.04 Å². The highest BCUT2D eigenvalue weighted by Crippen LogP contribution is 2.25. The number of rotatable bonds is 9. The van der Waals surface area contributed by atoms with Gasteiger partial charge < -0.3 is 15.3 Å². The smallest absolute Gasteiger partial charge is 0.0610 e. The number of hydrogen-bond donors (Lipinski definition) is 2. The molecule has 0 amide bonds. The molecule has 2 aliphatic carbocycles. The van der Waals surface area contributed by atoms with Crippen molar-refractivity contribution >= 4 is 0 Å². The summed E-state index contributed by atoms with van der Waals surface area (Å²) in [5.74, 6) is 0. The van der Waals surface area contributed by atoms with E-state index in [9.17, 15) is 5.11 Å². The topological polar surface area (TPSA) is 35.5 Å². The number of nitrogens with zero attached hydrogens (tertiary/aromatic N) is 1. The van der Waals surface area contributed by atoms with Crippen LogP contribution in [0.5, 0.6) is 0 Å². The van der Waals surface area contributed by atoms with Crippen LogP contribution in [0, 0.1) is 0 Å². The zero-order valence-corrected chi connectivity index (χ0v) is 14.2. The molecule has 0 aromatic heterocycles. The van der Waals surface area contributed by atoms with Gasteiger partial charge in [-0.05, 0) is 59.0 Å². The van der Waals surface area contributed by atoms with Gasteiger partial charge in [0.05, 0.1) is 6.61 Å². The van der Waals surface area contributed by atoms with Crippen molar-refractivity contribution < 1.29 is 5.11 Å². The van der Waals surface area contributed by atoms with Gasteiger partial charge in [0, 0.05) is 17.6 Å². The minimum Gasteiger partial charge on any atom is -0.394 e. The van der Waals surface area contributed by atoms with Crippen LogP contribution in [0.15, 0.2) is 0 Å². The van der Waals surface area contributed by atoms with Gasteiger partial charge >= 0.3 is 0 Å². The first kappa shape index (κ1) is 17.2. The fourth-order valence-electron chi connectivity index (χ4n) is 3.67. The van der Waals surface area contributed by atoms with E-state index in [0.717, 1.165) is 12.5 Å². The van der Waals surface area contributed by atoms with Gasteiger partial charge in [-0.2, -0.15) is 0 Å². The van der Waals surface area contributed by atoms with Crippen LogP contribution in [0.25, 0.3) is 0 Å². The molecule has 21 heavy (non-hydrogen) atoms. The first-order chi connectivity index (χ1) is 10.1. The van der Waals surface area contributed by atoms with E-state index in [1.165, 1.54) is 70.8 Å². The van der Waals surface area contributed by atoms with Crippen molar-refractivity contribution in [2.45, 2.75) is 95.2 Å². The summed E-state index contributed by atoms with van der Waals surface area (Å²) in [4.78, 5) is 2.59. The lowest BCUT2D eigenvalue weighted by atomic mass is 9.95. The second-order valence-electron chi connectivity index (χ2n) is 7.72. The van der Waals surface area contributed by atoms with Crippen LogP contribution in [0.2, 0.25) is 0 Å². The van der Waals surface area contributed by atoms with E-state index >= 15 is 0 Å². The van der Waals surface area contributed by atoms with E-state index in [2.05, 4.69) is 24.2 Å². The zero-order chi connectivity index (χ0) is 15.1. The predicted octanol–water partition coefficient (Wildman–Crippen LogP) is 3.31. The Kier molecular flexibility index (Phi) is 6.97. The number of aliphatic hydroxyl groups is 1. The molecule has 2 saturated carbocycles. The Bertz CT molecular complexity index is 285. The lowest BCUT2D eigenvalue weighted by Gasteiger charge is -2.30. The highest BCUT2D eigenvalue weighted by Gasteiger charge is 2.31. The zero-order valence-electron chi connectivity index (χ0n) is 14.2. The highest BCUT2D eigenvalue weighted by atomic mass is 16.3. The molecule has 3 heteroatoms. The monoisotopic (exact) mass is 296 g/mol. The number of hydrogen-bond acceptors (Lipinski definition) is 3. The molecule has 2 rings (SSSR count). The van der Waals surface area contributed by atoms with Gasteiger partial charge in [0.2, 0.25) is 0 Å². The molecule has 2 fully saturated rings. The molecule has 0 aromatic carbocycles. The molecule has 1 atom stereocenters. The second-order valence-corrected chi connectivity index (χ2v) is 7.72. The predicted molar refractivity (Wildman–Crippen MR) is 89.6 cm³/mol. The van der Waals surface area contributed by atoms with Crippen LogP contribution in [-0.2, 0) is 0 Å². The molecule has 2 aliphatic rings. The fourth-order valence-corrected chi connectivity index (χ4v) is 3.67. The molecule has 2 N–H and O–H groups in total. The number of nitrogens with one attached hydrogen (secondary N) is 1. The summed E-state index contributed by atoms with van der Waals surface area (Å²) in [5, 5.41) is 13.2. The minimum absolute atomic E-state index is 0.0535. The molecule has 0 aliphatic heterocycles. The Labute approximate surface area is 131 Å². The van der Waals surface area contributed by atoms with E-state index in [1.54, 1.807) is 0 Å². The van der Waals surface area contributed by atoms with Crippen LogP contribution < -0.4 is 5.32 Å². The largest absolute Gasteiger partial charge is 0.394 e. The Morgan fingerprint density at radius 3 is 2.29 bits per heavy atom. The third-order valence-electron chi connectivity index (χ3n) is 5.42. The van der Waals surface area contributed by atoms with Crippen LogP contribution in [-0.4, -0.2) is 47.8 Å². The molecule has 0 spiro atoms. The Hall–Kier alpha value is -0.120. The molecule has 3 nitrogen and oxygen atoms in total. The van der Waals surface area contributed by atoms with Crippen LogP contribution >= 0.6 is 0 Å². The van der Waals surface area contributed by atoms with E-state index in [-0.39, 0.29) is 12.1 Å². The van der Waals surface area contributed by atoms with Gasteiger partial charge in [-0.15, -0.1) is 0 Å². The van der Waals surface area contributed by atoms with Gasteiger partial charge in [0.15, 0.2) is 0 Å². The number of aliphatic hydroxyl groups excluding tert-OH is 1. The van der Waals surface area contributed by atoms with E-state index in [4.69, 9.17) is 0 Å². The summed E-state index contributed by atoms with van der Waals surface area (Å²) in [6.45, 7) is 3.66. The lowest BCUT2D eigenvalue weighted by Crippen LogP contribution is -2.47. The maximum absolute atomic E-state index is 9.63. The maximum atomic E-state index is 9.63. The Morgan fingerprint density at radius 1 is 1.05 bits per heavy atom. The fraction of sp³-hybridized carbons (Fsp3) is 1.00. The molecular weight excluding hydrogens is 260 g/mol. The minimum atomic E-state index is -0.0535. The van der Waals surface area contributed by atoms with Gasteiger partial charge in [0.25, 0.3) is 0 Å². The van der Waals surface area contributed by atoms with Crippen LogP contribution in [0.3, 0.4) is 0 Å². The molecule has 0 aromatic rings. The summed E-state index contributed by atoms with van der Waals surface area (Å²) in [5.41, 5.74) is -0.0535. The Morgan fingerprint density at radius 2 is 1.71 bits per heavy atom. The van der Waals surface area contributed by atoms with Crippen molar-refractivity contribution in [3.8, 4) is 0 Å². The highest BCUT2D eigenvalue weighted by molar-refractivity contribution is 4.92. The van der Waals surface area contributed by atoms with Crippen molar-refractivity contribution in [2.75, 3.05) is 20.2 Å². The molecule has 0 heterocycles. The van der Waals surface area contributed by atoms with Crippen LogP contribution in [0.4, 0.5) is 0 Å². The van der Waals surface area contributed by atoms with Gasteiger partial charge in [-0.1, -0.05) is 32.1 Å². The first-order valence-electron chi connectivity index (χ1n) is 9.22. The molecule has 1 unspecified atom stereocenters. The first-order valence-corrected chi connectivity index (χ1v) is 9.22. The van der Waals surface area contributed by atoms with Crippen molar-refractivity contribution in [1.82, 2.24) is 10.2 Å². The van der Waals surface area contributed by atoms with Crippen LogP contribution in [0.1, 0.15) is 77.6 Å². The molecule has 0 bridgehead atoms. The average Bonchev–Trinajstić information content (AvgIpc) is 3.29. The van der Waals surface area contributed by atoms with Crippen molar-refractivity contribution in [2.24, 2.45) is 0 Å². The SMILES string of the molecule is CN(CCCCC(C)(CO)NC1CC1)C1CCCCCC1. The van der Waals surface area contributed by atoms with Gasteiger partial charge in [0.1, 0.15) is 0 Å². The van der Waals surface area contributed by atoms with Crippen molar-refractivity contribution in [1.29, 1.82) is 0 Å². The Balaban J connectivity index is 1.61. The van der Waals surface area contributed by atoms with Crippen molar-refractivity contribution in [3.63, 3.8) is 0 Å². The van der Waals surface area contributed by atoms with E-state index in [1.807, 2.05) is 0 Å². The molecule has 0 radical (unpaired) electrons. The summed E-state index contributed by atoms with van der Waals surface area (Å²) in [6, 6.07) is 1.50. The van der Waals surface area contributed by atoms with E-state index < -0.39 is 0 Å². The maximum Gasteiger partial charge on any atom is 0.0610 e. The van der Waals surface area contributed by atoms with Crippen molar-refractivity contribution in [3.05, 3.63) is 0 Å². The van der Waals surface area contributed by atoms with Gasteiger partial charge in [-0.25, -0.2) is 0 Å². The lowest BCUT2D eigenvalue weighted by molar-refractivity contribution is 0.157. The third-order valence-corrected chi connectivity index (χ3v) is 5.42. The summed E-state index contributed by atoms with van der Waals surface area (Å²) >= 11 is 0. The third kappa shape index (κ3) is 6.25. The van der Waals surface area contributed by atoms with Gasteiger partial charge in [-0.3, -0.25) is 0 Å². The molecule has 124 valence electrons. The average molecular weight is 296 g/mol. The normalized spacial score (nSPS) is 24.0. The number of unbranched alkanes of at least 4 members (excludes halogenated alkanes) is 1. The summed E-state index contributed by atoms with van der Waals surface area (Å²) in [7, 11) is 2.31. The summed E-state index contributed by atoms with van der Waals surface area (Å²) < 4.78 is 0. The quantitative estimate of drug-likeness (QED) is 0.506. The second kappa shape index (κ2) is 8.50. The summed E-state index contributed by atoms with van der Waals surface area (Å²) in [6.07, 6.45) is 14.7. The standard InChI is InChI=1S/C18H36N2O/c1-18(15-21,19-16-11-12-16)13-7-8-14-20(2)17-9-5-3-4-6-10-17/h16-17,19,21H,3-15H2,1-2H3. The molecular formula is C18H36N2O. The molecule has 0 saturated heterocycles.